The molecule has 0 spiro atoms. The summed E-state index contributed by atoms with van der Waals surface area (Å²) < 4.78 is 5.63. The molecule has 5 nitrogen and oxygen atoms in total. The summed E-state index contributed by atoms with van der Waals surface area (Å²) in [5.74, 6) is -1.59. The molecule has 1 aromatic rings. The summed E-state index contributed by atoms with van der Waals surface area (Å²) in [5.41, 5.74) is 0.441. The van der Waals surface area contributed by atoms with Crippen LogP contribution in [0.25, 0.3) is 0 Å². The van der Waals surface area contributed by atoms with Crippen molar-refractivity contribution in [3.63, 3.8) is 0 Å². The van der Waals surface area contributed by atoms with Gasteiger partial charge in [0.05, 0.1) is 10.7 Å². The fraction of sp³-hybridized carbons (Fsp3) is 0.273. The number of ether oxygens (including phenoxy) is 1. The summed E-state index contributed by atoms with van der Waals surface area (Å²) in [6, 6.07) is 4.99. The number of carboxylic acids is 1. The van der Waals surface area contributed by atoms with E-state index in [0.29, 0.717) is 10.7 Å². The fourth-order valence-electron chi connectivity index (χ4n) is 1.05. The Kier molecular flexibility index (Phi) is 5.58. The fourth-order valence-corrected chi connectivity index (χ4v) is 1.77. The second kappa shape index (κ2) is 6.72. The standard InChI is InChI=1S/C11H11BrClNO4/c1-6(11(16)17)18-5-10(15)14-9-3-2-7(12)4-8(9)13/h2-4,6H,5H2,1H3,(H,14,15)(H,16,17)/t6-/m1/s1. The highest BCUT2D eigenvalue weighted by molar-refractivity contribution is 9.10. The molecule has 1 aromatic carbocycles. The normalized spacial score (nSPS) is 11.9. The molecular formula is C11H11BrClNO4. The van der Waals surface area contributed by atoms with E-state index in [0.717, 1.165) is 4.47 Å². The van der Waals surface area contributed by atoms with Crippen LogP contribution in [0.1, 0.15) is 6.92 Å². The monoisotopic (exact) mass is 335 g/mol. The number of anilines is 1. The lowest BCUT2D eigenvalue weighted by molar-refractivity contribution is -0.150. The van der Waals surface area contributed by atoms with Crippen LogP contribution in [0.4, 0.5) is 5.69 Å². The number of benzene rings is 1. The number of nitrogens with one attached hydrogen (secondary N) is 1. The van der Waals surface area contributed by atoms with Gasteiger partial charge >= 0.3 is 5.97 Å². The first kappa shape index (κ1) is 14.9. The lowest BCUT2D eigenvalue weighted by Gasteiger charge is -2.10. The molecule has 18 heavy (non-hydrogen) atoms. The van der Waals surface area contributed by atoms with Crippen molar-refractivity contribution in [3.05, 3.63) is 27.7 Å². The highest BCUT2D eigenvalue weighted by atomic mass is 79.9. The van der Waals surface area contributed by atoms with Crippen LogP contribution in [0.5, 0.6) is 0 Å². The predicted molar refractivity (Wildman–Crippen MR) is 70.8 cm³/mol. The van der Waals surface area contributed by atoms with Crippen molar-refractivity contribution in [2.24, 2.45) is 0 Å². The molecule has 98 valence electrons. The minimum absolute atomic E-state index is 0.347. The lowest BCUT2D eigenvalue weighted by Crippen LogP contribution is -2.26. The van der Waals surface area contributed by atoms with Gasteiger partial charge in [-0.15, -0.1) is 0 Å². The van der Waals surface area contributed by atoms with Gasteiger partial charge in [0.25, 0.3) is 0 Å². The molecule has 0 aromatic heterocycles. The zero-order chi connectivity index (χ0) is 13.7. The van der Waals surface area contributed by atoms with Gasteiger partial charge in [-0.1, -0.05) is 27.5 Å². The maximum absolute atomic E-state index is 11.5. The minimum Gasteiger partial charge on any atom is -0.479 e. The van der Waals surface area contributed by atoms with E-state index < -0.39 is 18.0 Å². The van der Waals surface area contributed by atoms with E-state index in [1.54, 1.807) is 18.2 Å². The molecule has 0 radical (unpaired) electrons. The second-order valence-electron chi connectivity index (χ2n) is 3.46. The van der Waals surface area contributed by atoms with Crippen molar-refractivity contribution in [1.29, 1.82) is 0 Å². The summed E-state index contributed by atoms with van der Waals surface area (Å²) in [5, 5.41) is 11.5. The van der Waals surface area contributed by atoms with Gasteiger partial charge < -0.3 is 15.2 Å². The van der Waals surface area contributed by atoms with E-state index in [2.05, 4.69) is 21.2 Å². The SMILES string of the molecule is C[C@@H](OCC(=O)Nc1ccc(Br)cc1Cl)C(=O)O. The van der Waals surface area contributed by atoms with Crippen molar-refractivity contribution in [2.45, 2.75) is 13.0 Å². The van der Waals surface area contributed by atoms with Gasteiger partial charge in [-0.3, -0.25) is 4.79 Å². The molecule has 2 N–H and O–H groups in total. The van der Waals surface area contributed by atoms with Gasteiger partial charge in [0.15, 0.2) is 6.10 Å². The van der Waals surface area contributed by atoms with Crippen LogP contribution in [-0.2, 0) is 14.3 Å². The third-order valence-corrected chi connectivity index (χ3v) is 2.82. The van der Waals surface area contributed by atoms with Gasteiger partial charge in [-0.25, -0.2) is 4.79 Å². The molecule has 0 saturated heterocycles. The Morgan fingerprint density at radius 3 is 2.78 bits per heavy atom. The molecule has 0 aliphatic rings. The van der Waals surface area contributed by atoms with Crippen molar-refractivity contribution >= 4 is 45.1 Å². The maximum Gasteiger partial charge on any atom is 0.332 e. The number of amides is 1. The predicted octanol–water partition coefficient (Wildman–Crippen LogP) is 2.53. The van der Waals surface area contributed by atoms with Crippen LogP contribution in [0, 0.1) is 0 Å². The van der Waals surface area contributed by atoms with Gasteiger partial charge in [0.2, 0.25) is 5.91 Å². The van der Waals surface area contributed by atoms with Gasteiger partial charge in [0.1, 0.15) is 6.61 Å². The van der Waals surface area contributed by atoms with Crippen LogP contribution in [0.2, 0.25) is 5.02 Å². The Labute approximate surface area is 117 Å². The molecule has 0 fully saturated rings. The average Bonchev–Trinajstić information content (AvgIpc) is 2.29. The summed E-state index contributed by atoms with van der Waals surface area (Å²) in [7, 11) is 0. The lowest BCUT2D eigenvalue weighted by atomic mass is 10.3. The van der Waals surface area contributed by atoms with E-state index in [-0.39, 0.29) is 6.61 Å². The zero-order valence-corrected chi connectivity index (χ0v) is 11.8. The topological polar surface area (TPSA) is 75.6 Å². The number of carbonyl (C=O) groups is 2. The van der Waals surface area contributed by atoms with E-state index in [1.165, 1.54) is 6.92 Å². The minimum atomic E-state index is -1.12. The molecule has 1 amide bonds. The first-order chi connectivity index (χ1) is 8.40. The second-order valence-corrected chi connectivity index (χ2v) is 4.79. The summed E-state index contributed by atoms with van der Waals surface area (Å²) in [6.07, 6.45) is -1.03. The molecule has 1 rings (SSSR count). The van der Waals surface area contributed by atoms with Crippen LogP contribution in [0.15, 0.2) is 22.7 Å². The molecule has 1 atom stereocenters. The van der Waals surface area contributed by atoms with Crippen molar-refractivity contribution < 1.29 is 19.4 Å². The average molecular weight is 337 g/mol. The number of rotatable bonds is 5. The molecule has 0 aliphatic carbocycles. The Balaban J connectivity index is 2.52. The first-order valence-electron chi connectivity index (χ1n) is 4.99. The molecule has 0 unspecified atom stereocenters. The van der Waals surface area contributed by atoms with E-state index >= 15 is 0 Å². The third kappa shape index (κ3) is 4.64. The Morgan fingerprint density at radius 2 is 2.22 bits per heavy atom. The molecule has 0 aliphatic heterocycles. The molecular weight excluding hydrogens is 325 g/mol. The van der Waals surface area contributed by atoms with Crippen LogP contribution in [-0.4, -0.2) is 29.7 Å². The van der Waals surface area contributed by atoms with Crippen molar-refractivity contribution in [3.8, 4) is 0 Å². The number of hydrogen-bond donors (Lipinski definition) is 2. The Morgan fingerprint density at radius 1 is 1.56 bits per heavy atom. The Hall–Kier alpha value is -1.11. The highest BCUT2D eigenvalue weighted by Gasteiger charge is 2.13. The number of carbonyl (C=O) groups excluding carboxylic acids is 1. The van der Waals surface area contributed by atoms with Crippen molar-refractivity contribution in [2.75, 3.05) is 11.9 Å². The summed E-state index contributed by atoms with van der Waals surface area (Å²) in [6.45, 7) is 1.00. The molecule has 0 bridgehead atoms. The molecule has 0 heterocycles. The van der Waals surface area contributed by atoms with Gasteiger partial charge in [0, 0.05) is 4.47 Å². The van der Waals surface area contributed by atoms with Crippen LogP contribution >= 0.6 is 27.5 Å². The number of carboxylic acid groups (broad SMARTS) is 1. The van der Waals surface area contributed by atoms with E-state index in [4.69, 9.17) is 21.4 Å². The number of aliphatic carboxylic acids is 1. The van der Waals surface area contributed by atoms with Gasteiger partial charge in [-0.2, -0.15) is 0 Å². The largest absolute Gasteiger partial charge is 0.479 e. The van der Waals surface area contributed by atoms with Crippen LogP contribution < -0.4 is 5.32 Å². The van der Waals surface area contributed by atoms with E-state index in [1.807, 2.05) is 0 Å². The summed E-state index contributed by atoms with van der Waals surface area (Å²) >= 11 is 9.15. The smallest absolute Gasteiger partial charge is 0.332 e. The maximum atomic E-state index is 11.5. The first-order valence-corrected chi connectivity index (χ1v) is 6.16. The van der Waals surface area contributed by atoms with Gasteiger partial charge in [-0.05, 0) is 25.1 Å². The quantitative estimate of drug-likeness (QED) is 0.866. The Bertz CT molecular complexity index is 466. The number of halogens is 2. The molecule has 7 heteroatoms. The van der Waals surface area contributed by atoms with Crippen molar-refractivity contribution in [1.82, 2.24) is 0 Å². The molecule has 0 saturated carbocycles. The number of hydrogen-bond acceptors (Lipinski definition) is 3. The summed E-state index contributed by atoms with van der Waals surface area (Å²) in [4.78, 5) is 22.0. The van der Waals surface area contributed by atoms with Crippen LogP contribution in [0.3, 0.4) is 0 Å². The van der Waals surface area contributed by atoms with E-state index in [9.17, 15) is 9.59 Å². The third-order valence-electron chi connectivity index (χ3n) is 2.02. The zero-order valence-electron chi connectivity index (χ0n) is 9.44. The highest BCUT2D eigenvalue weighted by Crippen LogP contribution is 2.25.